The lowest BCUT2D eigenvalue weighted by molar-refractivity contribution is 0.0750. The number of carbonyl (C=O) groups is 1. The van der Waals surface area contributed by atoms with Crippen LogP contribution in [0.25, 0.3) is 10.6 Å². The first-order valence-corrected chi connectivity index (χ1v) is 10.2. The predicted molar refractivity (Wildman–Crippen MR) is 112 cm³/mol. The highest BCUT2D eigenvalue weighted by Crippen LogP contribution is 2.30. The average molecular weight is 416 g/mol. The summed E-state index contributed by atoms with van der Waals surface area (Å²) in [6, 6.07) is 14.2. The van der Waals surface area contributed by atoms with Crippen molar-refractivity contribution in [2.45, 2.75) is 6.92 Å². The second-order valence-electron chi connectivity index (χ2n) is 6.67. The summed E-state index contributed by atoms with van der Waals surface area (Å²) >= 11 is 7.46. The van der Waals surface area contributed by atoms with Gasteiger partial charge in [-0.25, -0.2) is 9.37 Å². The number of anilines is 1. The zero-order valence-electron chi connectivity index (χ0n) is 15.4. The minimum Gasteiger partial charge on any atom is -0.366 e. The molecule has 0 N–H and O–H groups in total. The number of nitrogens with zero attached hydrogens (tertiary/aromatic N) is 3. The van der Waals surface area contributed by atoms with Gasteiger partial charge in [-0.1, -0.05) is 35.9 Å². The molecule has 4 nitrogen and oxygen atoms in total. The van der Waals surface area contributed by atoms with Crippen molar-refractivity contribution in [1.29, 1.82) is 0 Å². The minimum absolute atomic E-state index is 0.0172. The predicted octanol–water partition coefficient (Wildman–Crippen LogP) is 4.87. The number of aromatic nitrogens is 1. The van der Waals surface area contributed by atoms with Gasteiger partial charge >= 0.3 is 0 Å². The Kier molecular flexibility index (Phi) is 5.33. The highest BCUT2D eigenvalue weighted by atomic mass is 35.5. The van der Waals surface area contributed by atoms with Crippen molar-refractivity contribution < 1.29 is 9.18 Å². The molecule has 0 atom stereocenters. The fourth-order valence-electron chi connectivity index (χ4n) is 3.34. The fraction of sp³-hybridized carbons (Fsp3) is 0.238. The molecule has 0 radical (unpaired) electrons. The third-order valence-corrected chi connectivity index (χ3v) is 6.25. The molecule has 1 aromatic heterocycles. The van der Waals surface area contributed by atoms with E-state index < -0.39 is 0 Å². The zero-order chi connectivity index (χ0) is 19.7. The number of benzene rings is 2. The Labute approximate surface area is 172 Å². The average Bonchev–Trinajstić information content (AvgIpc) is 3.10. The van der Waals surface area contributed by atoms with E-state index in [1.165, 1.54) is 17.4 Å². The van der Waals surface area contributed by atoms with Crippen LogP contribution in [-0.2, 0) is 0 Å². The van der Waals surface area contributed by atoms with Gasteiger partial charge in [0.05, 0.1) is 11.4 Å². The van der Waals surface area contributed by atoms with Gasteiger partial charge in [0.15, 0.2) is 0 Å². The van der Waals surface area contributed by atoms with E-state index in [0.717, 1.165) is 16.3 Å². The molecule has 3 aromatic rings. The van der Waals surface area contributed by atoms with Crippen LogP contribution in [0.3, 0.4) is 0 Å². The second kappa shape index (κ2) is 7.89. The van der Waals surface area contributed by atoms with E-state index in [1.807, 2.05) is 47.1 Å². The lowest BCUT2D eigenvalue weighted by atomic mass is 10.2. The topological polar surface area (TPSA) is 36.4 Å². The molecule has 4 rings (SSSR count). The highest BCUT2D eigenvalue weighted by molar-refractivity contribution is 7.17. The van der Waals surface area contributed by atoms with Crippen LogP contribution < -0.4 is 4.90 Å². The third-order valence-electron chi connectivity index (χ3n) is 4.82. The van der Waals surface area contributed by atoms with Gasteiger partial charge in [0, 0.05) is 36.8 Å². The summed E-state index contributed by atoms with van der Waals surface area (Å²) in [5.74, 6) is -0.247. The number of halogens is 2. The van der Waals surface area contributed by atoms with E-state index in [2.05, 4.69) is 4.98 Å². The van der Waals surface area contributed by atoms with E-state index >= 15 is 0 Å². The molecule has 0 aliphatic carbocycles. The van der Waals surface area contributed by atoms with Crippen LogP contribution in [-0.4, -0.2) is 42.0 Å². The van der Waals surface area contributed by atoms with Gasteiger partial charge in [-0.2, -0.15) is 0 Å². The highest BCUT2D eigenvalue weighted by Gasteiger charge is 2.26. The summed E-state index contributed by atoms with van der Waals surface area (Å²) < 4.78 is 14.0. The lowest BCUT2D eigenvalue weighted by Crippen LogP contribution is -2.49. The first-order valence-electron chi connectivity index (χ1n) is 9.05. The molecular weight excluding hydrogens is 397 g/mol. The number of thiazole rings is 1. The van der Waals surface area contributed by atoms with Crippen molar-refractivity contribution in [3.63, 3.8) is 0 Å². The Morgan fingerprint density at radius 3 is 2.57 bits per heavy atom. The lowest BCUT2D eigenvalue weighted by Gasteiger charge is -2.36. The van der Waals surface area contributed by atoms with Crippen LogP contribution in [0, 0.1) is 12.7 Å². The zero-order valence-corrected chi connectivity index (χ0v) is 16.9. The molecule has 0 unspecified atom stereocenters. The van der Waals surface area contributed by atoms with E-state index in [0.29, 0.717) is 41.8 Å². The maximum absolute atomic E-state index is 14.0. The van der Waals surface area contributed by atoms with Gasteiger partial charge in [0.2, 0.25) is 0 Å². The van der Waals surface area contributed by atoms with Crippen molar-refractivity contribution in [3.8, 4) is 10.6 Å². The number of amides is 1. The maximum atomic E-state index is 14.0. The number of rotatable bonds is 3. The van der Waals surface area contributed by atoms with Crippen molar-refractivity contribution in [2.24, 2.45) is 0 Å². The Morgan fingerprint density at radius 1 is 1.11 bits per heavy atom. The summed E-state index contributed by atoms with van der Waals surface area (Å²) in [6.07, 6.45) is 0. The Balaban J connectivity index is 1.48. The Morgan fingerprint density at radius 2 is 1.86 bits per heavy atom. The van der Waals surface area contributed by atoms with Crippen LogP contribution in [0.1, 0.15) is 15.4 Å². The summed E-state index contributed by atoms with van der Waals surface area (Å²) in [4.78, 5) is 22.0. The summed E-state index contributed by atoms with van der Waals surface area (Å²) in [6.45, 7) is 4.17. The van der Waals surface area contributed by atoms with Crippen LogP contribution in [0.4, 0.5) is 10.1 Å². The summed E-state index contributed by atoms with van der Waals surface area (Å²) in [5.41, 5.74) is 2.22. The third kappa shape index (κ3) is 3.75. The van der Waals surface area contributed by atoms with Gasteiger partial charge in [-0.05, 0) is 31.2 Å². The van der Waals surface area contributed by atoms with E-state index in [9.17, 15) is 9.18 Å². The standard InChI is InChI=1S/C21H19ClFN3OS/c1-14-19(28-20(24-14)15-5-4-6-16(22)13-15)21(27)26-11-9-25(10-12-26)18-8-3-2-7-17(18)23/h2-8,13H,9-12H2,1H3. The molecule has 1 fully saturated rings. The van der Waals surface area contributed by atoms with Gasteiger partial charge in [-0.15, -0.1) is 11.3 Å². The van der Waals surface area contributed by atoms with Gasteiger partial charge in [-0.3, -0.25) is 4.79 Å². The van der Waals surface area contributed by atoms with Crippen molar-refractivity contribution in [1.82, 2.24) is 9.88 Å². The molecule has 0 bridgehead atoms. The molecule has 1 aliphatic rings. The van der Waals surface area contributed by atoms with E-state index in [-0.39, 0.29) is 11.7 Å². The van der Waals surface area contributed by atoms with Crippen molar-refractivity contribution >= 4 is 34.5 Å². The summed E-state index contributed by atoms with van der Waals surface area (Å²) in [5, 5.41) is 1.43. The number of piperazine rings is 1. The quantitative estimate of drug-likeness (QED) is 0.612. The number of hydrogen-bond donors (Lipinski definition) is 0. The molecule has 0 spiro atoms. The monoisotopic (exact) mass is 415 g/mol. The van der Waals surface area contributed by atoms with Crippen LogP contribution in [0.15, 0.2) is 48.5 Å². The molecule has 7 heteroatoms. The summed E-state index contributed by atoms with van der Waals surface area (Å²) in [7, 11) is 0. The van der Waals surface area contributed by atoms with Crippen molar-refractivity contribution in [2.75, 3.05) is 31.1 Å². The first-order chi connectivity index (χ1) is 13.5. The van der Waals surface area contributed by atoms with E-state index in [4.69, 9.17) is 11.6 Å². The smallest absolute Gasteiger partial charge is 0.265 e. The second-order valence-corrected chi connectivity index (χ2v) is 8.11. The van der Waals surface area contributed by atoms with E-state index in [1.54, 1.807) is 12.1 Å². The van der Waals surface area contributed by atoms with Crippen LogP contribution >= 0.6 is 22.9 Å². The first kappa shape index (κ1) is 18.9. The minimum atomic E-state index is -0.230. The molecule has 2 aromatic carbocycles. The van der Waals surface area contributed by atoms with Gasteiger partial charge in [0.25, 0.3) is 5.91 Å². The molecule has 0 saturated carbocycles. The normalized spacial score (nSPS) is 14.4. The number of carbonyl (C=O) groups excluding carboxylic acids is 1. The van der Waals surface area contributed by atoms with Gasteiger partial charge in [0.1, 0.15) is 15.7 Å². The number of aryl methyl sites for hydroxylation is 1. The van der Waals surface area contributed by atoms with Crippen molar-refractivity contribution in [3.05, 3.63) is 69.9 Å². The SMILES string of the molecule is Cc1nc(-c2cccc(Cl)c2)sc1C(=O)N1CCN(c2ccccc2F)CC1. The number of para-hydroxylation sites is 1. The molecule has 1 aliphatic heterocycles. The Hall–Kier alpha value is -2.44. The largest absolute Gasteiger partial charge is 0.366 e. The molecular formula is C21H19ClFN3OS. The van der Waals surface area contributed by atoms with Crippen LogP contribution in [0.5, 0.6) is 0 Å². The maximum Gasteiger partial charge on any atom is 0.265 e. The number of hydrogen-bond acceptors (Lipinski definition) is 4. The van der Waals surface area contributed by atoms with Gasteiger partial charge < -0.3 is 9.80 Å². The molecule has 2 heterocycles. The molecule has 144 valence electrons. The molecule has 1 amide bonds. The van der Waals surface area contributed by atoms with Crippen LogP contribution in [0.2, 0.25) is 5.02 Å². The molecule has 28 heavy (non-hydrogen) atoms. The molecule has 1 saturated heterocycles. The Bertz CT molecular complexity index is 1010. The fourth-order valence-corrected chi connectivity index (χ4v) is 4.56.